The van der Waals surface area contributed by atoms with Crippen LogP contribution in [0.25, 0.3) is 59.8 Å². The molecular formula is C25H16B2N2. The van der Waals surface area contributed by atoms with E-state index in [-0.39, 0.29) is 0 Å². The number of fused-ring (bicyclic) bond motifs is 7. The first-order chi connectivity index (χ1) is 14.2. The number of hydrogen-bond donors (Lipinski definition) is 0. The molecule has 0 bridgehead atoms. The summed E-state index contributed by atoms with van der Waals surface area (Å²) >= 11 is 0. The van der Waals surface area contributed by atoms with Gasteiger partial charge in [-0.2, -0.15) is 0 Å². The molecule has 0 saturated heterocycles. The standard InChI is InChI=1S/C25H16B2N2/c26-22-17-10-9-16-15-7-3-4-8-19(15)29-20-12-14-6-2-1-5-13(14)11-18(20)23(28-25(22)27)21(17)24(16)29/h1-12H,26-27H2. The minimum atomic E-state index is 1.11. The quantitative estimate of drug-likeness (QED) is 0.229. The smallest absolute Gasteiger partial charge is 0.163 e. The molecule has 7 rings (SSSR count). The highest BCUT2D eigenvalue weighted by Gasteiger charge is 2.20. The number of hydrogen-bond acceptors (Lipinski definition) is 1. The Kier molecular flexibility index (Phi) is 2.71. The summed E-state index contributed by atoms with van der Waals surface area (Å²) in [5.41, 5.74) is 7.27. The molecule has 0 amide bonds. The highest BCUT2D eigenvalue weighted by atomic mass is 14.9. The van der Waals surface area contributed by atoms with Gasteiger partial charge in [0.2, 0.25) is 0 Å². The molecule has 0 saturated carbocycles. The third kappa shape index (κ3) is 1.78. The Morgan fingerprint density at radius 1 is 0.655 bits per heavy atom. The molecule has 0 N–H and O–H groups in total. The van der Waals surface area contributed by atoms with Crippen molar-refractivity contribution in [3.8, 4) is 0 Å². The van der Waals surface area contributed by atoms with Gasteiger partial charge in [0.15, 0.2) is 7.85 Å². The van der Waals surface area contributed by atoms with Gasteiger partial charge in [-0.1, -0.05) is 60.1 Å². The molecule has 3 heterocycles. The van der Waals surface area contributed by atoms with Crippen LogP contribution in [0.5, 0.6) is 0 Å². The number of nitrogens with zero attached hydrogens (tertiary/aromatic N) is 2. The van der Waals surface area contributed by atoms with E-state index in [4.69, 9.17) is 4.98 Å². The predicted molar refractivity (Wildman–Crippen MR) is 130 cm³/mol. The van der Waals surface area contributed by atoms with E-state index in [1.807, 2.05) is 0 Å². The van der Waals surface area contributed by atoms with Crippen molar-refractivity contribution in [1.82, 2.24) is 9.38 Å². The Bertz CT molecular complexity index is 1780. The lowest BCUT2D eigenvalue weighted by Crippen LogP contribution is -2.29. The lowest BCUT2D eigenvalue weighted by atomic mass is 9.80. The lowest BCUT2D eigenvalue weighted by Gasteiger charge is -2.16. The largest absolute Gasteiger partial charge is 0.308 e. The molecule has 0 atom stereocenters. The molecular weight excluding hydrogens is 350 g/mol. The van der Waals surface area contributed by atoms with Gasteiger partial charge in [-0.25, -0.2) is 0 Å². The summed E-state index contributed by atoms with van der Waals surface area (Å²) < 4.78 is 2.46. The van der Waals surface area contributed by atoms with Gasteiger partial charge in [0.25, 0.3) is 0 Å². The molecule has 4 heteroatoms. The van der Waals surface area contributed by atoms with Crippen LogP contribution in [-0.4, -0.2) is 25.1 Å². The van der Waals surface area contributed by atoms with Crippen LogP contribution < -0.4 is 11.1 Å². The Balaban J connectivity index is 1.95. The number of rotatable bonds is 0. The molecule has 29 heavy (non-hydrogen) atoms. The fraction of sp³-hybridized carbons (Fsp3) is 0. The van der Waals surface area contributed by atoms with E-state index in [0.29, 0.717) is 0 Å². The fourth-order valence-corrected chi connectivity index (χ4v) is 5.16. The Hall–Kier alpha value is -3.52. The van der Waals surface area contributed by atoms with E-state index in [0.717, 1.165) is 11.1 Å². The van der Waals surface area contributed by atoms with Crippen molar-refractivity contribution >= 4 is 86.5 Å². The van der Waals surface area contributed by atoms with Crippen LogP contribution >= 0.6 is 0 Å². The zero-order valence-corrected chi connectivity index (χ0v) is 16.3. The molecule has 0 unspecified atom stereocenters. The van der Waals surface area contributed by atoms with E-state index in [9.17, 15) is 0 Å². The number of benzene rings is 4. The normalized spacial score (nSPS) is 12.4. The van der Waals surface area contributed by atoms with Gasteiger partial charge in [-0.05, 0) is 40.0 Å². The van der Waals surface area contributed by atoms with E-state index in [1.54, 1.807) is 0 Å². The Morgan fingerprint density at radius 2 is 1.38 bits per heavy atom. The van der Waals surface area contributed by atoms with Gasteiger partial charge < -0.3 is 4.40 Å². The molecule has 132 valence electrons. The van der Waals surface area contributed by atoms with Gasteiger partial charge in [-0.3, -0.25) is 4.98 Å². The van der Waals surface area contributed by atoms with Crippen molar-refractivity contribution < 1.29 is 0 Å². The summed E-state index contributed by atoms with van der Waals surface area (Å²) in [7, 11) is 4.32. The summed E-state index contributed by atoms with van der Waals surface area (Å²) in [4.78, 5) is 5.12. The van der Waals surface area contributed by atoms with E-state index < -0.39 is 0 Å². The predicted octanol–water partition coefficient (Wildman–Crippen LogP) is 3.05. The molecule has 7 aromatic rings. The maximum absolute atomic E-state index is 5.12. The average molecular weight is 366 g/mol. The molecule has 0 aliphatic carbocycles. The maximum atomic E-state index is 5.12. The SMILES string of the molecule is Bc1nc2c3cc4ccccc4cc3n3c4ccccc4c4ccc(c1B)c2c43. The van der Waals surface area contributed by atoms with Crippen molar-refractivity contribution in [3.63, 3.8) is 0 Å². The van der Waals surface area contributed by atoms with Gasteiger partial charge in [0.05, 0.1) is 22.1 Å². The highest BCUT2D eigenvalue weighted by Crippen LogP contribution is 2.40. The van der Waals surface area contributed by atoms with E-state index in [2.05, 4.69) is 92.9 Å². The van der Waals surface area contributed by atoms with Crippen LogP contribution in [0, 0.1) is 0 Å². The van der Waals surface area contributed by atoms with Crippen LogP contribution in [0.1, 0.15) is 0 Å². The Labute approximate surface area is 168 Å². The summed E-state index contributed by atoms with van der Waals surface area (Å²) in [6.07, 6.45) is 0. The number of para-hydroxylation sites is 1. The van der Waals surface area contributed by atoms with E-state index in [1.165, 1.54) is 59.7 Å². The first-order valence-corrected chi connectivity index (χ1v) is 10.1. The minimum Gasteiger partial charge on any atom is -0.308 e. The minimum absolute atomic E-state index is 1.11. The first-order valence-electron chi connectivity index (χ1n) is 10.1. The van der Waals surface area contributed by atoms with Crippen molar-refractivity contribution in [2.24, 2.45) is 0 Å². The third-order valence-electron chi connectivity index (χ3n) is 6.66. The molecule has 0 spiro atoms. The number of aromatic nitrogens is 2. The van der Waals surface area contributed by atoms with Crippen LogP contribution in [0.3, 0.4) is 0 Å². The third-order valence-corrected chi connectivity index (χ3v) is 6.66. The van der Waals surface area contributed by atoms with Gasteiger partial charge in [-0.15, -0.1) is 0 Å². The second-order valence-corrected chi connectivity index (χ2v) is 8.12. The topological polar surface area (TPSA) is 17.3 Å². The molecule has 0 radical (unpaired) electrons. The van der Waals surface area contributed by atoms with Crippen LogP contribution in [0.15, 0.2) is 72.8 Å². The van der Waals surface area contributed by atoms with Crippen LogP contribution in [0.4, 0.5) is 0 Å². The van der Waals surface area contributed by atoms with Crippen LogP contribution in [-0.2, 0) is 0 Å². The lowest BCUT2D eigenvalue weighted by molar-refractivity contribution is 1.35. The average Bonchev–Trinajstić information content (AvgIpc) is 3.10. The molecule has 0 aliphatic heterocycles. The van der Waals surface area contributed by atoms with Crippen molar-refractivity contribution in [2.75, 3.05) is 0 Å². The van der Waals surface area contributed by atoms with Crippen molar-refractivity contribution in [1.29, 1.82) is 0 Å². The summed E-state index contributed by atoms with van der Waals surface area (Å²) in [5.74, 6) is 0. The van der Waals surface area contributed by atoms with E-state index >= 15 is 0 Å². The highest BCUT2D eigenvalue weighted by molar-refractivity contribution is 6.53. The van der Waals surface area contributed by atoms with Gasteiger partial charge in [0, 0.05) is 21.5 Å². The first kappa shape index (κ1) is 15.4. The summed E-state index contributed by atoms with van der Waals surface area (Å²) in [5, 5.41) is 8.93. The molecule has 2 nitrogen and oxygen atoms in total. The van der Waals surface area contributed by atoms with Crippen LogP contribution in [0.2, 0.25) is 0 Å². The summed E-state index contributed by atoms with van der Waals surface area (Å²) in [6, 6.07) is 26.6. The zero-order chi connectivity index (χ0) is 19.3. The molecule has 0 aliphatic rings. The van der Waals surface area contributed by atoms with Crippen molar-refractivity contribution in [3.05, 3.63) is 72.8 Å². The second kappa shape index (κ2) is 5.09. The second-order valence-electron chi connectivity index (χ2n) is 8.12. The molecule has 4 aromatic carbocycles. The summed E-state index contributed by atoms with van der Waals surface area (Å²) in [6.45, 7) is 0. The number of pyridine rings is 2. The van der Waals surface area contributed by atoms with Gasteiger partial charge in [0.1, 0.15) is 7.85 Å². The maximum Gasteiger partial charge on any atom is 0.163 e. The molecule has 0 fully saturated rings. The fourth-order valence-electron chi connectivity index (χ4n) is 5.16. The Morgan fingerprint density at radius 3 is 2.24 bits per heavy atom. The zero-order valence-electron chi connectivity index (χ0n) is 16.3. The molecule has 3 aromatic heterocycles. The monoisotopic (exact) mass is 366 g/mol. The van der Waals surface area contributed by atoms with Gasteiger partial charge >= 0.3 is 0 Å². The van der Waals surface area contributed by atoms with Crippen molar-refractivity contribution in [2.45, 2.75) is 0 Å².